The fourth-order valence-corrected chi connectivity index (χ4v) is 4.42. The summed E-state index contributed by atoms with van der Waals surface area (Å²) in [4.78, 5) is 14.9. The lowest BCUT2D eigenvalue weighted by atomic mass is 10.1. The average Bonchev–Trinajstić information content (AvgIpc) is 2.95. The van der Waals surface area contributed by atoms with Crippen LogP contribution in [0, 0.1) is 6.92 Å². The van der Waals surface area contributed by atoms with Crippen LogP contribution in [0.15, 0.2) is 28.7 Å². The van der Waals surface area contributed by atoms with Crippen LogP contribution in [0.25, 0.3) is 0 Å². The minimum Gasteiger partial charge on any atom is -0.347 e. The fraction of sp³-hybridized carbons (Fsp3) is 0.312. The van der Waals surface area contributed by atoms with Gasteiger partial charge in [-0.1, -0.05) is 15.9 Å². The number of nitrogens with one attached hydrogen (secondary N) is 1. The van der Waals surface area contributed by atoms with Crippen LogP contribution in [0.1, 0.15) is 37.7 Å². The third kappa shape index (κ3) is 2.96. The predicted molar refractivity (Wildman–Crippen MR) is 86.4 cm³/mol. The molecule has 1 N–H and O–H groups in total. The Morgan fingerprint density at radius 1 is 1.30 bits per heavy atom. The molecule has 20 heavy (non-hydrogen) atoms. The van der Waals surface area contributed by atoms with E-state index in [2.05, 4.69) is 27.3 Å². The molecule has 0 spiro atoms. The average molecular weight is 350 g/mol. The second kappa shape index (κ2) is 5.70. The van der Waals surface area contributed by atoms with Crippen molar-refractivity contribution in [1.82, 2.24) is 5.32 Å². The molecule has 2 aromatic rings. The lowest BCUT2D eigenvalue weighted by molar-refractivity contribution is 0.0951. The number of hydrogen-bond donors (Lipinski definition) is 1. The second-order valence-corrected chi connectivity index (χ2v) is 7.35. The molecular weight excluding hydrogens is 334 g/mol. The van der Waals surface area contributed by atoms with Crippen LogP contribution in [0.2, 0.25) is 0 Å². The monoisotopic (exact) mass is 349 g/mol. The van der Waals surface area contributed by atoms with Gasteiger partial charge in [0.25, 0.3) is 5.91 Å². The molecule has 1 aromatic carbocycles. The Bertz CT molecular complexity index is 621. The minimum atomic E-state index is -0.0111. The van der Waals surface area contributed by atoms with Gasteiger partial charge in [0.1, 0.15) is 0 Å². The molecule has 3 rings (SSSR count). The molecule has 0 aliphatic heterocycles. The first-order valence-electron chi connectivity index (χ1n) is 6.77. The van der Waals surface area contributed by atoms with Gasteiger partial charge in [0.2, 0.25) is 0 Å². The van der Waals surface area contributed by atoms with Crippen LogP contribution in [-0.4, -0.2) is 5.91 Å². The highest BCUT2D eigenvalue weighted by Crippen LogP contribution is 2.30. The molecule has 1 amide bonds. The van der Waals surface area contributed by atoms with E-state index in [1.165, 1.54) is 34.6 Å². The molecule has 0 bridgehead atoms. The lowest BCUT2D eigenvalue weighted by Gasteiger charge is -2.05. The number of amides is 1. The van der Waals surface area contributed by atoms with Crippen molar-refractivity contribution in [3.63, 3.8) is 0 Å². The largest absolute Gasteiger partial charge is 0.347 e. The number of fused-ring (bicyclic) bond motifs is 1. The van der Waals surface area contributed by atoms with Gasteiger partial charge in [0, 0.05) is 19.8 Å². The van der Waals surface area contributed by atoms with E-state index in [0.717, 1.165) is 10.0 Å². The number of benzene rings is 1. The number of halogens is 1. The molecule has 1 aromatic heterocycles. The van der Waals surface area contributed by atoms with Gasteiger partial charge in [0.15, 0.2) is 0 Å². The number of thiophene rings is 1. The summed E-state index contributed by atoms with van der Waals surface area (Å²) in [6, 6.07) is 8.02. The highest BCUT2D eigenvalue weighted by Gasteiger charge is 2.15. The van der Waals surface area contributed by atoms with Crippen molar-refractivity contribution in [1.29, 1.82) is 0 Å². The number of carbonyl (C=O) groups is 1. The van der Waals surface area contributed by atoms with Crippen molar-refractivity contribution >= 4 is 33.2 Å². The first-order valence-corrected chi connectivity index (χ1v) is 8.38. The van der Waals surface area contributed by atoms with Crippen molar-refractivity contribution < 1.29 is 4.79 Å². The van der Waals surface area contributed by atoms with Crippen LogP contribution < -0.4 is 5.32 Å². The van der Waals surface area contributed by atoms with Crippen molar-refractivity contribution in [3.8, 4) is 0 Å². The first kappa shape index (κ1) is 13.8. The molecule has 104 valence electrons. The summed E-state index contributed by atoms with van der Waals surface area (Å²) in [6.45, 7) is 2.62. The van der Waals surface area contributed by atoms with Crippen LogP contribution in [0.4, 0.5) is 0 Å². The molecule has 4 heteroatoms. The third-order valence-electron chi connectivity index (χ3n) is 3.53. The van der Waals surface area contributed by atoms with E-state index in [9.17, 15) is 4.79 Å². The van der Waals surface area contributed by atoms with E-state index in [1.54, 1.807) is 0 Å². The predicted octanol–water partition coefficient (Wildman–Crippen LogP) is 4.24. The molecule has 0 fully saturated rings. The SMILES string of the molecule is Cc1cc(Br)cc(C(=O)NCc2cc3c(s2)CCC3)c1. The van der Waals surface area contributed by atoms with Crippen molar-refractivity contribution in [2.24, 2.45) is 0 Å². The lowest BCUT2D eigenvalue weighted by Crippen LogP contribution is -2.22. The fourth-order valence-electron chi connectivity index (χ4n) is 2.61. The van der Waals surface area contributed by atoms with Gasteiger partial charge < -0.3 is 5.32 Å². The van der Waals surface area contributed by atoms with E-state index in [4.69, 9.17) is 0 Å². The Kier molecular flexibility index (Phi) is 3.94. The van der Waals surface area contributed by atoms with E-state index >= 15 is 0 Å². The molecule has 1 aliphatic rings. The zero-order chi connectivity index (χ0) is 14.1. The zero-order valence-electron chi connectivity index (χ0n) is 11.3. The Morgan fingerprint density at radius 3 is 2.90 bits per heavy atom. The summed E-state index contributed by atoms with van der Waals surface area (Å²) in [6.07, 6.45) is 3.69. The molecule has 0 saturated carbocycles. The van der Waals surface area contributed by atoms with Gasteiger partial charge in [-0.3, -0.25) is 4.79 Å². The molecular formula is C16H16BrNOS. The summed E-state index contributed by atoms with van der Waals surface area (Å²) >= 11 is 5.27. The van der Waals surface area contributed by atoms with E-state index < -0.39 is 0 Å². The number of rotatable bonds is 3. The normalized spacial score (nSPS) is 13.3. The first-order chi connectivity index (χ1) is 9.61. The topological polar surface area (TPSA) is 29.1 Å². The zero-order valence-corrected chi connectivity index (χ0v) is 13.7. The summed E-state index contributed by atoms with van der Waals surface area (Å²) in [5.41, 5.74) is 3.28. The van der Waals surface area contributed by atoms with Crippen molar-refractivity contribution in [2.45, 2.75) is 32.7 Å². The third-order valence-corrected chi connectivity index (χ3v) is 5.22. The Hall–Kier alpha value is -1.13. The van der Waals surface area contributed by atoms with Crippen LogP contribution >= 0.6 is 27.3 Å². The van der Waals surface area contributed by atoms with Crippen molar-refractivity contribution in [3.05, 3.63) is 55.2 Å². The Balaban J connectivity index is 1.66. The summed E-state index contributed by atoms with van der Waals surface area (Å²) in [5, 5.41) is 3.01. The summed E-state index contributed by atoms with van der Waals surface area (Å²) < 4.78 is 0.942. The van der Waals surface area contributed by atoms with Crippen molar-refractivity contribution in [2.75, 3.05) is 0 Å². The van der Waals surface area contributed by atoms with Crippen LogP contribution in [-0.2, 0) is 19.4 Å². The smallest absolute Gasteiger partial charge is 0.251 e. The minimum absolute atomic E-state index is 0.0111. The molecule has 0 unspecified atom stereocenters. The van der Waals surface area contributed by atoms with Crippen LogP contribution in [0.3, 0.4) is 0 Å². The molecule has 1 heterocycles. The van der Waals surface area contributed by atoms with Gasteiger partial charge in [-0.25, -0.2) is 0 Å². The number of carbonyl (C=O) groups excluding carboxylic acids is 1. The molecule has 2 nitrogen and oxygen atoms in total. The summed E-state index contributed by atoms with van der Waals surface area (Å²) in [5.74, 6) is -0.0111. The summed E-state index contributed by atoms with van der Waals surface area (Å²) in [7, 11) is 0. The maximum absolute atomic E-state index is 12.2. The standard InChI is InChI=1S/C16H16BrNOS/c1-10-5-12(7-13(17)6-10)16(19)18-9-14-8-11-3-2-4-15(11)20-14/h5-8H,2-4,9H2,1H3,(H,18,19). The molecule has 1 aliphatic carbocycles. The van der Waals surface area contributed by atoms with Gasteiger partial charge in [-0.15, -0.1) is 11.3 Å². The van der Waals surface area contributed by atoms with Gasteiger partial charge in [0.05, 0.1) is 6.54 Å². The highest BCUT2D eigenvalue weighted by atomic mass is 79.9. The Morgan fingerprint density at radius 2 is 2.15 bits per heavy atom. The molecule has 0 saturated heterocycles. The quantitative estimate of drug-likeness (QED) is 0.882. The Labute approximate surface area is 131 Å². The number of hydrogen-bond acceptors (Lipinski definition) is 2. The maximum Gasteiger partial charge on any atom is 0.251 e. The van der Waals surface area contributed by atoms with Crippen LogP contribution in [0.5, 0.6) is 0 Å². The second-order valence-electron chi connectivity index (χ2n) is 5.21. The molecule has 0 radical (unpaired) electrons. The van der Waals surface area contributed by atoms with Gasteiger partial charge in [-0.05, 0) is 61.6 Å². The van der Waals surface area contributed by atoms with E-state index in [-0.39, 0.29) is 5.91 Å². The van der Waals surface area contributed by atoms with Gasteiger partial charge in [-0.2, -0.15) is 0 Å². The molecule has 0 atom stereocenters. The van der Waals surface area contributed by atoms with E-state index in [0.29, 0.717) is 12.1 Å². The van der Waals surface area contributed by atoms with Gasteiger partial charge >= 0.3 is 0 Å². The highest BCUT2D eigenvalue weighted by molar-refractivity contribution is 9.10. The van der Waals surface area contributed by atoms with E-state index in [1.807, 2.05) is 36.5 Å². The number of aryl methyl sites for hydroxylation is 3. The maximum atomic E-state index is 12.2.